The number of ether oxygens (including phenoxy) is 1. The molecule has 0 aliphatic rings. The SMILES string of the molecule is COc1ccc2c(CSc3nncn3-c3ccccc3C)cc(=O)oc2c1. The van der Waals surface area contributed by atoms with E-state index in [2.05, 4.69) is 10.2 Å². The number of thioether (sulfide) groups is 1. The molecule has 0 saturated heterocycles. The number of rotatable bonds is 5. The lowest BCUT2D eigenvalue weighted by Crippen LogP contribution is -2.01. The topological polar surface area (TPSA) is 70.2 Å². The van der Waals surface area contributed by atoms with Crippen molar-refractivity contribution >= 4 is 22.7 Å². The van der Waals surface area contributed by atoms with E-state index in [9.17, 15) is 4.79 Å². The van der Waals surface area contributed by atoms with Gasteiger partial charge in [0.05, 0.1) is 12.8 Å². The Morgan fingerprint density at radius 3 is 2.85 bits per heavy atom. The molecule has 0 unspecified atom stereocenters. The van der Waals surface area contributed by atoms with E-state index in [1.54, 1.807) is 19.5 Å². The fourth-order valence-corrected chi connectivity index (χ4v) is 3.83. The molecule has 6 nitrogen and oxygen atoms in total. The minimum Gasteiger partial charge on any atom is -0.497 e. The first kappa shape index (κ1) is 17.4. The molecule has 27 heavy (non-hydrogen) atoms. The Bertz CT molecular complexity index is 1170. The first-order valence-corrected chi connectivity index (χ1v) is 9.34. The maximum absolute atomic E-state index is 11.9. The number of nitrogens with zero attached hydrogens (tertiary/aromatic N) is 3. The molecule has 0 atom stereocenters. The zero-order valence-corrected chi connectivity index (χ0v) is 15.7. The third-order valence-electron chi connectivity index (χ3n) is 4.29. The van der Waals surface area contributed by atoms with Gasteiger partial charge in [0.2, 0.25) is 0 Å². The molecular formula is C20H17N3O3S. The van der Waals surface area contributed by atoms with Crippen molar-refractivity contribution in [2.45, 2.75) is 17.8 Å². The minimum absolute atomic E-state index is 0.383. The Morgan fingerprint density at radius 1 is 1.19 bits per heavy atom. The fraction of sp³-hybridized carbons (Fsp3) is 0.150. The van der Waals surface area contributed by atoms with E-state index in [4.69, 9.17) is 9.15 Å². The van der Waals surface area contributed by atoms with Crippen LogP contribution in [0.2, 0.25) is 0 Å². The summed E-state index contributed by atoms with van der Waals surface area (Å²) in [7, 11) is 1.58. The summed E-state index contributed by atoms with van der Waals surface area (Å²) in [6.07, 6.45) is 1.70. The maximum Gasteiger partial charge on any atom is 0.336 e. The molecule has 0 radical (unpaired) electrons. The number of hydrogen-bond acceptors (Lipinski definition) is 6. The molecule has 0 N–H and O–H groups in total. The molecule has 4 rings (SSSR count). The van der Waals surface area contributed by atoms with Gasteiger partial charge in [0.15, 0.2) is 5.16 Å². The predicted octanol–water partition coefficient (Wildman–Crippen LogP) is 3.98. The van der Waals surface area contributed by atoms with Crippen LogP contribution >= 0.6 is 11.8 Å². The molecule has 0 aliphatic heterocycles. The zero-order chi connectivity index (χ0) is 18.8. The van der Waals surface area contributed by atoms with Crippen molar-refractivity contribution in [2.24, 2.45) is 0 Å². The average Bonchev–Trinajstić information content (AvgIpc) is 3.14. The largest absolute Gasteiger partial charge is 0.497 e. The van der Waals surface area contributed by atoms with Gasteiger partial charge in [0, 0.05) is 23.3 Å². The van der Waals surface area contributed by atoms with Gasteiger partial charge in [0.25, 0.3) is 0 Å². The summed E-state index contributed by atoms with van der Waals surface area (Å²) in [5.74, 6) is 1.22. The first-order valence-electron chi connectivity index (χ1n) is 8.35. The van der Waals surface area contributed by atoms with Crippen LogP contribution in [0.15, 0.2) is 69.2 Å². The van der Waals surface area contributed by atoms with Gasteiger partial charge >= 0.3 is 5.63 Å². The maximum atomic E-state index is 11.9. The van der Waals surface area contributed by atoms with E-state index in [1.807, 2.05) is 47.9 Å². The van der Waals surface area contributed by atoms with E-state index in [1.165, 1.54) is 17.8 Å². The lowest BCUT2D eigenvalue weighted by Gasteiger charge is -2.10. The van der Waals surface area contributed by atoms with Crippen molar-refractivity contribution in [3.05, 3.63) is 76.4 Å². The molecule has 0 bridgehead atoms. The normalized spacial score (nSPS) is 11.0. The van der Waals surface area contributed by atoms with Crippen molar-refractivity contribution in [1.82, 2.24) is 14.8 Å². The average molecular weight is 379 g/mol. The summed E-state index contributed by atoms with van der Waals surface area (Å²) in [5.41, 5.74) is 3.18. The summed E-state index contributed by atoms with van der Waals surface area (Å²) in [4.78, 5) is 11.9. The van der Waals surface area contributed by atoms with Crippen LogP contribution in [0.1, 0.15) is 11.1 Å². The van der Waals surface area contributed by atoms with E-state index in [-0.39, 0.29) is 5.63 Å². The van der Waals surface area contributed by atoms with Crippen LogP contribution in [-0.4, -0.2) is 21.9 Å². The van der Waals surface area contributed by atoms with Crippen LogP contribution in [0.4, 0.5) is 0 Å². The second-order valence-corrected chi connectivity index (χ2v) is 6.95. The number of hydrogen-bond donors (Lipinski definition) is 0. The second kappa shape index (κ2) is 7.28. The number of para-hydroxylation sites is 1. The Morgan fingerprint density at radius 2 is 2.04 bits per heavy atom. The monoisotopic (exact) mass is 379 g/mol. The van der Waals surface area contributed by atoms with Crippen molar-refractivity contribution in [2.75, 3.05) is 7.11 Å². The standard InChI is InChI=1S/C20H17N3O3S/c1-13-5-3-4-6-17(13)23-12-21-22-20(23)27-11-14-9-19(24)26-18-10-15(25-2)7-8-16(14)18/h3-10,12H,11H2,1-2H3. The highest BCUT2D eigenvalue weighted by molar-refractivity contribution is 7.98. The third-order valence-corrected chi connectivity index (χ3v) is 5.28. The second-order valence-electron chi connectivity index (χ2n) is 6.01. The van der Waals surface area contributed by atoms with Gasteiger partial charge in [0.1, 0.15) is 17.7 Å². The minimum atomic E-state index is -0.383. The molecule has 7 heteroatoms. The smallest absolute Gasteiger partial charge is 0.336 e. The van der Waals surface area contributed by atoms with Crippen LogP contribution in [0.3, 0.4) is 0 Å². The molecule has 0 spiro atoms. The van der Waals surface area contributed by atoms with E-state index >= 15 is 0 Å². The highest BCUT2D eigenvalue weighted by atomic mass is 32.2. The molecular weight excluding hydrogens is 362 g/mol. The summed E-state index contributed by atoms with van der Waals surface area (Å²) < 4.78 is 12.5. The number of fused-ring (bicyclic) bond motifs is 1. The van der Waals surface area contributed by atoms with Crippen molar-refractivity contribution in [3.8, 4) is 11.4 Å². The van der Waals surface area contributed by atoms with Gasteiger partial charge in [-0.3, -0.25) is 4.57 Å². The van der Waals surface area contributed by atoms with Crippen molar-refractivity contribution in [3.63, 3.8) is 0 Å². The molecule has 2 aromatic heterocycles. The van der Waals surface area contributed by atoms with E-state index in [0.717, 1.165) is 27.4 Å². The van der Waals surface area contributed by atoms with Crippen LogP contribution < -0.4 is 10.4 Å². The number of aryl methyl sites for hydroxylation is 1. The zero-order valence-electron chi connectivity index (χ0n) is 14.9. The molecule has 136 valence electrons. The number of benzene rings is 2. The molecule has 2 heterocycles. The summed E-state index contributed by atoms with van der Waals surface area (Å²) in [6.45, 7) is 2.05. The van der Waals surface area contributed by atoms with Gasteiger partial charge in [-0.05, 0) is 36.2 Å². The van der Waals surface area contributed by atoms with Crippen LogP contribution in [0, 0.1) is 6.92 Å². The Labute approximate surface area is 159 Å². The van der Waals surface area contributed by atoms with Crippen LogP contribution in [0.25, 0.3) is 16.7 Å². The Hall–Kier alpha value is -3.06. The van der Waals surface area contributed by atoms with Gasteiger partial charge in [-0.2, -0.15) is 0 Å². The van der Waals surface area contributed by atoms with Gasteiger partial charge in [-0.15, -0.1) is 10.2 Å². The summed E-state index contributed by atoms with van der Waals surface area (Å²) in [5, 5.41) is 9.93. The molecule has 2 aromatic carbocycles. The quantitative estimate of drug-likeness (QED) is 0.386. The van der Waals surface area contributed by atoms with E-state index < -0.39 is 0 Å². The molecule has 0 amide bonds. The van der Waals surface area contributed by atoms with Gasteiger partial charge in [-0.1, -0.05) is 30.0 Å². The molecule has 0 aliphatic carbocycles. The highest BCUT2D eigenvalue weighted by Crippen LogP contribution is 2.29. The molecule has 0 fully saturated rings. The summed E-state index contributed by atoms with van der Waals surface area (Å²) in [6, 6.07) is 15.1. The lowest BCUT2D eigenvalue weighted by atomic mass is 10.1. The number of methoxy groups -OCH3 is 1. The van der Waals surface area contributed by atoms with Gasteiger partial charge < -0.3 is 9.15 Å². The fourth-order valence-electron chi connectivity index (χ4n) is 2.92. The van der Waals surface area contributed by atoms with Crippen molar-refractivity contribution < 1.29 is 9.15 Å². The highest BCUT2D eigenvalue weighted by Gasteiger charge is 2.12. The Balaban J connectivity index is 1.67. The lowest BCUT2D eigenvalue weighted by molar-refractivity contribution is 0.414. The van der Waals surface area contributed by atoms with Crippen LogP contribution in [0.5, 0.6) is 5.75 Å². The number of aromatic nitrogens is 3. The summed E-state index contributed by atoms with van der Waals surface area (Å²) >= 11 is 1.52. The molecule has 4 aromatic rings. The Kier molecular flexibility index (Phi) is 4.68. The molecule has 0 saturated carbocycles. The first-order chi connectivity index (χ1) is 13.2. The third kappa shape index (κ3) is 3.46. The predicted molar refractivity (Wildman–Crippen MR) is 105 cm³/mol. The van der Waals surface area contributed by atoms with Gasteiger partial charge in [-0.25, -0.2) is 4.79 Å². The van der Waals surface area contributed by atoms with E-state index in [0.29, 0.717) is 17.1 Å². The van der Waals surface area contributed by atoms with Crippen LogP contribution in [-0.2, 0) is 5.75 Å². The van der Waals surface area contributed by atoms with Crippen molar-refractivity contribution in [1.29, 1.82) is 0 Å².